The Labute approximate surface area is 196 Å². The summed E-state index contributed by atoms with van der Waals surface area (Å²) in [5.74, 6) is 0.935. The standard InChI is InChI=1S/C26H36N2O3S/c1-6-12-27(18-26(5,30)7-2)16-25(29)28-13-10-24-21(11-14-32-24)22(28)17-31-23-9-8-19(3)15-20(23)4/h7-9,11,14-15,22,30H,2,6,10,12-13,16-18H2,1,3-5H3/t22-,26-/m0/s1. The Morgan fingerprint density at radius 3 is 2.88 bits per heavy atom. The van der Waals surface area contributed by atoms with Crippen LogP contribution >= 0.6 is 11.3 Å². The number of hydrogen-bond acceptors (Lipinski definition) is 5. The smallest absolute Gasteiger partial charge is 0.237 e. The summed E-state index contributed by atoms with van der Waals surface area (Å²) in [5, 5.41) is 12.6. The topological polar surface area (TPSA) is 53.0 Å². The number of rotatable bonds is 10. The fourth-order valence-corrected chi connectivity index (χ4v) is 5.26. The number of fused-ring (bicyclic) bond motifs is 1. The molecule has 2 heterocycles. The van der Waals surface area contributed by atoms with Crippen LogP contribution in [0.2, 0.25) is 0 Å². The molecule has 1 aromatic heterocycles. The number of amides is 1. The van der Waals surface area contributed by atoms with Crippen molar-refractivity contribution >= 4 is 17.2 Å². The number of ether oxygens (including phenoxy) is 1. The van der Waals surface area contributed by atoms with Crippen molar-refractivity contribution in [3.63, 3.8) is 0 Å². The Morgan fingerprint density at radius 2 is 2.19 bits per heavy atom. The Morgan fingerprint density at radius 1 is 1.41 bits per heavy atom. The van der Waals surface area contributed by atoms with Crippen LogP contribution < -0.4 is 4.74 Å². The van der Waals surface area contributed by atoms with Crippen LogP contribution in [0.3, 0.4) is 0 Å². The zero-order chi connectivity index (χ0) is 23.3. The van der Waals surface area contributed by atoms with E-state index in [2.05, 4.69) is 50.9 Å². The molecule has 0 fully saturated rings. The van der Waals surface area contributed by atoms with Crippen LogP contribution in [0.4, 0.5) is 0 Å². The maximum atomic E-state index is 13.4. The number of carbonyl (C=O) groups is 1. The lowest BCUT2D eigenvalue weighted by Crippen LogP contribution is -2.49. The first-order valence-corrected chi connectivity index (χ1v) is 12.3. The predicted molar refractivity (Wildman–Crippen MR) is 131 cm³/mol. The third-order valence-corrected chi connectivity index (χ3v) is 7.02. The van der Waals surface area contributed by atoms with E-state index < -0.39 is 5.60 Å². The van der Waals surface area contributed by atoms with E-state index >= 15 is 0 Å². The average Bonchev–Trinajstić information content (AvgIpc) is 3.22. The Kier molecular flexibility index (Phi) is 8.15. The molecule has 1 aliphatic rings. The predicted octanol–water partition coefficient (Wildman–Crippen LogP) is 4.52. The highest BCUT2D eigenvalue weighted by Crippen LogP contribution is 2.34. The normalized spacial score (nSPS) is 17.7. The van der Waals surface area contributed by atoms with Crippen molar-refractivity contribution in [1.82, 2.24) is 9.80 Å². The second-order valence-electron chi connectivity index (χ2n) is 9.00. The quantitative estimate of drug-likeness (QED) is 0.534. The van der Waals surface area contributed by atoms with Crippen LogP contribution in [-0.2, 0) is 11.2 Å². The van der Waals surface area contributed by atoms with Crippen LogP contribution in [0, 0.1) is 13.8 Å². The molecule has 1 aromatic carbocycles. The van der Waals surface area contributed by atoms with Gasteiger partial charge in [0.25, 0.3) is 0 Å². The van der Waals surface area contributed by atoms with Gasteiger partial charge in [-0.25, -0.2) is 0 Å². The van der Waals surface area contributed by atoms with Crippen molar-refractivity contribution in [2.24, 2.45) is 0 Å². The van der Waals surface area contributed by atoms with E-state index in [1.165, 1.54) is 16.0 Å². The van der Waals surface area contributed by atoms with Crippen LogP contribution in [0.25, 0.3) is 0 Å². The van der Waals surface area contributed by atoms with Crippen LogP contribution in [-0.4, -0.2) is 59.2 Å². The SMILES string of the molecule is C=C[C@](C)(O)CN(CCC)CC(=O)N1CCc2sccc2[C@@H]1COc1ccc(C)cc1C. The van der Waals surface area contributed by atoms with E-state index in [1.807, 2.05) is 15.9 Å². The van der Waals surface area contributed by atoms with Gasteiger partial charge in [-0.2, -0.15) is 0 Å². The summed E-state index contributed by atoms with van der Waals surface area (Å²) in [6, 6.07) is 8.19. The van der Waals surface area contributed by atoms with Crippen molar-refractivity contribution < 1.29 is 14.6 Å². The maximum absolute atomic E-state index is 13.4. The number of carbonyl (C=O) groups excluding carboxylic acids is 1. The van der Waals surface area contributed by atoms with Gasteiger partial charge >= 0.3 is 0 Å². The molecule has 0 aliphatic carbocycles. The van der Waals surface area contributed by atoms with E-state index in [4.69, 9.17) is 4.74 Å². The molecule has 0 spiro atoms. The van der Waals surface area contributed by atoms with Gasteiger partial charge in [-0.1, -0.05) is 30.7 Å². The van der Waals surface area contributed by atoms with Gasteiger partial charge in [0.15, 0.2) is 0 Å². The van der Waals surface area contributed by atoms with Gasteiger partial charge < -0.3 is 14.7 Å². The summed E-state index contributed by atoms with van der Waals surface area (Å²) in [7, 11) is 0. The van der Waals surface area contributed by atoms with E-state index in [0.717, 1.165) is 30.7 Å². The monoisotopic (exact) mass is 456 g/mol. The first kappa shape index (κ1) is 24.5. The van der Waals surface area contributed by atoms with E-state index in [1.54, 1.807) is 24.3 Å². The highest BCUT2D eigenvalue weighted by Gasteiger charge is 2.33. The molecule has 1 N–H and O–H groups in total. The number of hydrogen-bond donors (Lipinski definition) is 1. The van der Waals surface area contributed by atoms with Crippen LogP contribution in [0.1, 0.15) is 47.9 Å². The van der Waals surface area contributed by atoms with Gasteiger partial charge in [0, 0.05) is 18.0 Å². The van der Waals surface area contributed by atoms with E-state index in [9.17, 15) is 9.90 Å². The Hall–Kier alpha value is -2.15. The number of benzene rings is 1. The zero-order valence-corrected chi connectivity index (χ0v) is 20.6. The molecular formula is C26H36N2O3S. The molecule has 1 aliphatic heterocycles. The van der Waals surface area contributed by atoms with Crippen molar-refractivity contribution in [3.05, 3.63) is 63.9 Å². The lowest BCUT2D eigenvalue weighted by molar-refractivity contribution is -0.136. The van der Waals surface area contributed by atoms with Gasteiger partial charge in [0.1, 0.15) is 12.4 Å². The number of thiophene rings is 1. The Bertz CT molecular complexity index is 937. The molecule has 3 rings (SSSR count). The molecule has 2 atom stereocenters. The maximum Gasteiger partial charge on any atom is 0.237 e. The van der Waals surface area contributed by atoms with Crippen LogP contribution in [0.5, 0.6) is 5.75 Å². The van der Waals surface area contributed by atoms with Crippen LogP contribution in [0.15, 0.2) is 42.3 Å². The second kappa shape index (κ2) is 10.6. The highest BCUT2D eigenvalue weighted by atomic mass is 32.1. The van der Waals surface area contributed by atoms with Gasteiger partial charge in [0.2, 0.25) is 5.91 Å². The van der Waals surface area contributed by atoms with Gasteiger partial charge in [0.05, 0.1) is 18.2 Å². The fourth-order valence-electron chi connectivity index (χ4n) is 4.33. The fraction of sp³-hybridized carbons (Fsp3) is 0.500. The van der Waals surface area contributed by atoms with Gasteiger partial charge in [-0.3, -0.25) is 9.69 Å². The number of nitrogens with zero attached hydrogens (tertiary/aromatic N) is 2. The molecule has 0 bridgehead atoms. The first-order chi connectivity index (χ1) is 15.2. The molecule has 0 unspecified atom stereocenters. The van der Waals surface area contributed by atoms with E-state index in [-0.39, 0.29) is 18.5 Å². The molecule has 0 saturated carbocycles. The lowest BCUT2D eigenvalue weighted by atomic mass is 10.00. The summed E-state index contributed by atoms with van der Waals surface area (Å²) < 4.78 is 6.23. The minimum atomic E-state index is -1.02. The summed E-state index contributed by atoms with van der Waals surface area (Å²) in [5.41, 5.74) is 2.48. The molecule has 0 radical (unpaired) electrons. The third-order valence-electron chi connectivity index (χ3n) is 6.02. The number of aliphatic hydroxyl groups is 1. The van der Waals surface area contributed by atoms with E-state index in [0.29, 0.717) is 19.7 Å². The summed E-state index contributed by atoms with van der Waals surface area (Å²) in [6.07, 6.45) is 3.32. The second-order valence-corrected chi connectivity index (χ2v) is 10.0. The molecule has 6 heteroatoms. The highest BCUT2D eigenvalue weighted by molar-refractivity contribution is 7.10. The minimum Gasteiger partial charge on any atom is -0.491 e. The number of aryl methyl sites for hydroxylation is 2. The summed E-state index contributed by atoms with van der Waals surface area (Å²) >= 11 is 1.75. The first-order valence-electron chi connectivity index (χ1n) is 11.4. The van der Waals surface area contributed by atoms with Crippen molar-refractivity contribution in [2.75, 3.05) is 32.8 Å². The van der Waals surface area contributed by atoms with Crippen molar-refractivity contribution in [2.45, 2.75) is 52.2 Å². The minimum absolute atomic E-state index is 0.0735. The molecule has 174 valence electrons. The molecule has 32 heavy (non-hydrogen) atoms. The van der Waals surface area contributed by atoms with Crippen molar-refractivity contribution in [3.8, 4) is 5.75 Å². The summed E-state index contributed by atoms with van der Waals surface area (Å²) in [6.45, 7) is 14.2. The van der Waals surface area contributed by atoms with Gasteiger partial charge in [-0.15, -0.1) is 17.9 Å². The molecule has 0 saturated heterocycles. The largest absolute Gasteiger partial charge is 0.491 e. The average molecular weight is 457 g/mol. The molecule has 1 amide bonds. The molecule has 2 aromatic rings. The Balaban J connectivity index is 1.76. The molecular weight excluding hydrogens is 420 g/mol. The lowest BCUT2D eigenvalue weighted by Gasteiger charge is -2.38. The summed E-state index contributed by atoms with van der Waals surface area (Å²) in [4.78, 5) is 18.8. The van der Waals surface area contributed by atoms with Gasteiger partial charge in [-0.05, 0) is 68.8 Å². The van der Waals surface area contributed by atoms with Crippen molar-refractivity contribution in [1.29, 1.82) is 0 Å². The zero-order valence-electron chi connectivity index (χ0n) is 19.8. The molecule has 5 nitrogen and oxygen atoms in total. The third kappa shape index (κ3) is 6.00.